The first-order chi connectivity index (χ1) is 9.88. The van der Waals surface area contributed by atoms with E-state index in [1.807, 2.05) is 30.3 Å². The minimum atomic E-state index is -3.15. The zero-order valence-corrected chi connectivity index (χ0v) is 12.9. The van der Waals surface area contributed by atoms with Crippen LogP contribution in [0.3, 0.4) is 0 Å². The van der Waals surface area contributed by atoms with Crippen LogP contribution in [0.4, 0.5) is 0 Å². The van der Waals surface area contributed by atoms with Crippen LogP contribution in [0.2, 0.25) is 0 Å². The molecule has 0 saturated carbocycles. The Labute approximate surface area is 125 Å². The molecule has 0 aromatic heterocycles. The largest absolute Gasteiger partial charge is 0.481 e. The molecule has 2 rings (SSSR count). The molecule has 0 bridgehead atoms. The molecule has 0 aliphatic carbocycles. The summed E-state index contributed by atoms with van der Waals surface area (Å²) in [5.41, 5.74) is 1.03. The standard InChI is InChI=1S/C15H21NO4S/c1-21(19,20)16-9-7-13(8-10-16)14(11-15(17)18)12-5-3-2-4-6-12/h2-6,13-14H,7-11H2,1H3,(H,17,18). The maximum absolute atomic E-state index is 11.5. The van der Waals surface area contributed by atoms with Crippen molar-refractivity contribution in [3.05, 3.63) is 35.9 Å². The van der Waals surface area contributed by atoms with Gasteiger partial charge in [-0.05, 0) is 30.2 Å². The fourth-order valence-electron chi connectivity index (χ4n) is 3.05. The third-order valence-corrected chi connectivity index (χ3v) is 5.46. The monoisotopic (exact) mass is 311 g/mol. The van der Waals surface area contributed by atoms with Crippen molar-refractivity contribution in [3.8, 4) is 0 Å². The predicted octanol–water partition coefficient (Wildman–Crippen LogP) is 1.92. The Bertz CT molecular complexity index is 577. The molecule has 116 valence electrons. The van der Waals surface area contributed by atoms with Crippen LogP contribution in [0.15, 0.2) is 30.3 Å². The molecule has 1 heterocycles. The van der Waals surface area contributed by atoms with E-state index in [-0.39, 0.29) is 18.3 Å². The second-order valence-corrected chi connectivity index (χ2v) is 7.60. The molecule has 1 fully saturated rings. The highest BCUT2D eigenvalue weighted by atomic mass is 32.2. The van der Waals surface area contributed by atoms with E-state index >= 15 is 0 Å². The van der Waals surface area contributed by atoms with E-state index in [1.54, 1.807) is 0 Å². The lowest BCUT2D eigenvalue weighted by molar-refractivity contribution is -0.137. The van der Waals surface area contributed by atoms with Crippen molar-refractivity contribution < 1.29 is 18.3 Å². The third kappa shape index (κ3) is 4.28. The van der Waals surface area contributed by atoms with E-state index in [1.165, 1.54) is 10.6 Å². The quantitative estimate of drug-likeness (QED) is 0.901. The molecule has 1 saturated heterocycles. The van der Waals surface area contributed by atoms with Gasteiger partial charge < -0.3 is 5.11 Å². The van der Waals surface area contributed by atoms with Crippen LogP contribution in [0.25, 0.3) is 0 Å². The maximum atomic E-state index is 11.5. The summed E-state index contributed by atoms with van der Waals surface area (Å²) in [6, 6.07) is 9.65. The van der Waals surface area contributed by atoms with Crippen molar-refractivity contribution in [2.45, 2.75) is 25.2 Å². The van der Waals surface area contributed by atoms with Gasteiger partial charge in [-0.25, -0.2) is 12.7 Å². The smallest absolute Gasteiger partial charge is 0.303 e. The number of hydrogen-bond donors (Lipinski definition) is 1. The van der Waals surface area contributed by atoms with Gasteiger partial charge in [0, 0.05) is 13.1 Å². The van der Waals surface area contributed by atoms with Crippen LogP contribution < -0.4 is 0 Å². The highest BCUT2D eigenvalue weighted by molar-refractivity contribution is 7.88. The van der Waals surface area contributed by atoms with Gasteiger partial charge in [-0.2, -0.15) is 0 Å². The van der Waals surface area contributed by atoms with Gasteiger partial charge in [-0.1, -0.05) is 30.3 Å². The van der Waals surface area contributed by atoms with Gasteiger partial charge in [-0.15, -0.1) is 0 Å². The zero-order valence-electron chi connectivity index (χ0n) is 12.1. The minimum absolute atomic E-state index is 0.0505. The van der Waals surface area contributed by atoms with Gasteiger partial charge in [0.15, 0.2) is 0 Å². The molecule has 6 heteroatoms. The number of rotatable bonds is 5. The van der Waals surface area contributed by atoms with E-state index in [2.05, 4.69) is 0 Å². The Hall–Kier alpha value is -1.40. The van der Waals surface area contributed by atoms with Gasteiger partial charge >= 0.3 is 5.97 Å². The number of carboxylic acid groups (broad SMARTS) is 1. The van der Waals surface area contributed by atoms with Crippen LogP contribution in [0, 0.1) is 5.92 Å². The lowest BCUT2D eigenvalue weighted by atomic mass is 9.78. The molecular weight excluding hydrogens is 290 g/mol. The highest BCUT2D eigenvalue weighted by Gasteiger charge is 2.31. The van der Waals surface area contributed by atoms with Crippen LogP contribution >= 0.6 is 0 Å². The Balaban J connectivity index is 2.11. The molecule has 1 aliphatic rings. The number of benzene rings is 1. The Morgan fingerprint density at radius 2 is 1.86 bits per heavy atom. The average molecular weight is 311 g/mol. The summed E-state index contributed by atoms with van der Waals surface area (Å²) >= 11 is 0. The topological polar surface area (TPSA) is 74.7 Å². The van der Waals surface area contributed by atoms with Crippen LogP contribution in [0.1, 0.15) is 30.7 Å². The molecule has 1 atom stereocenters. The fourth-order valence-corrected chi connectivity index (χ4v) is 3.93. The number of carbonyl (C=O) groups is 1. The third-order valence-electron chi connectivity index (χ3n) is 4.16. The molecule has 1 aromatic carbocycles. The number of aliphatic carboxylic acids is 1. The Kier molecular flexibility index (Phi) is 5.00. The number of piperidine rings is 1. The Morgan fingerprint density at radius 1 is 1.29 bits per heavy atom. The summed E-state index contributed by atoms with van der Waals surface area (Å²) in [7, 11) is -3.15. The van der Waals surface area contributed by atoms with E-state index in [9.17, 15) is 13.2 Å². The molecule has 0 amide bonds. The van der Waals surface area contributed by atoms with E-state index < -0.39 is 16.0 Å². The molecule has 1 N–H and O–H groups in total. The van der Waals surface area contributed by atoms with Crippen molar-refractivity contribution in [2.75, 3.05) is 19.3 Å². The van der Waals surface area contributed by atoms with Gasteiger partial charge in [0.2, 0.25) is 10.0 Å². The highest BCUT2D eigenvalue weighted by Crippen LogP contribution is 2.35. The first-order valence-corrected chi connectivity index (χ1v) is 8.94. The van der Waals surface area contributed by atoms with E-state index in [0.717, 1.165) is 5.56 Å². The summed E-state index contributed by atoms with van der Waals surface area (Å²) < 4.78 is 24.6. The van der Waals surface area contributed by atoms with Gasteiger partial charge in [0.05, 0.1) is 12.7 Å². The first-order valence-electron chi connectivity index (χ1n) is 7.10. The summed E-state index contributed by atoms with van der Waals surface area (Å²) in [6.07, 6.45) is 2.73. The summed E-state index contributed by atoms with van der Waals surface area (Å²) in [5.74, 6) is -0.652. The number of sulfonamides is 1. The molecule has 0 radical (unpaired) electrons. The molecule has 1 unspecified atom stereocenters. The van der Waals surface area contributed by atoms with Crippen LogP contribution in [-0.4, -0.2) is 43.1 Å². The minimum Gasteiger partial charge on any atom is -0.481 e. The first kappa shape index (κ1) is 16.0. The Morgan fingerprint density at radius 3 is 2.33 bits per heavy atom. The van der Waals surface area contributed by atoms with E-state index in [0.29, 0.717) is 25.9 Å². The number of carboxylic acids is 1. The predicted molar refractivity (Wildman–Crippen MR) is 80.6 cm³/mol. The van der Waals surface area contributed by atoms with Crippen LogP contribution in [0.5, 0.6) is 0 Å². The molecular formula is C15H21NO4S. The summed E-state index contributed by atoms with van der Waals surface area (Å²) in [6.45, 7) is 0.957. The number of nitrogens with zero attached hydrogens (tertiary/aromatic N) is 1. The zero-order chi connectivity index (χ0) is 15.5. The molecule has 1 aliphatic heterocycles. The normalized spacial score (nSPS) is 19.3. The molecule has 21 heavy (non-hydrogen) atoms. The van der Waals surface area contributed by atoms with Crippen molar-refractivity contribution >= 4 is 16.0 Å². The van der Waals surface area contributed by atoms with Gasteiger partial charge in [-0.3, -0.25) is 4.79 Å². The summed E-state index contributed by atoms with van der Waals surface area (Å²) in [5, 5.41) is 9.15. The SMILES string of the molecule is CS(=O)(=O)N1CCC(C(CC(=O)O)c2ccccc2)CC1. The second-order valence-electron chi connectivity index (χ2n) is 5.61. The van der Waals surface area contributed by atoms with Crippen molar-refractivity contribution in [1.29, 1.82) is 0 Å². The number of hydrogen-bond acceptors (Lipinski definition) is 3. The molecule has 0 spiro atoms. The van der Waals surface area contributed by atoms with E-state index in [4.69, 9.17) is 5.11 Å². The van der Waals surface area contributed by atoms with Crippen molar-refractivity contribution in [3.63, 3.8) is 0 Å². The van der Waals surface area contributed by atoms with Gasteiger partial charge in [0.1, 0.15) is 0 Å². The maximum Gasteiger partial charge on any atom is 0.303 e. The average Bonchev–Trinajstić information content (AvgIpc) is 2.45. The summed E-state index contributed by atoms with van der Waals surface area (Å²) in [4.78, 5) is 11.1. The van der Waals surface area contributed by atoms with Crippen molar-refractivity contribution in [1.82, 2.24) is 4.31 Å². The fraction of sp³-hybridized carbons (Fsp3) is 0.533. The van der Waals surface area contributed by atoms with Crippen LogP contribution in [-0.2, 0) is 14.8 Å². The lowest BCUT2D eigenvalue weighted by Crippen LogP contribution is -2.39. The van der Waals surface area contributed by atoms with Gasteiger partial charge in [0.25, 0.3) is 0 Å². The lowest BCUT2D eigenvalue weighted by Gasteiger charge is -2.34. The second kappa shape index (κ2) is 6.58. The molecule has 1 aromatic rings. The molecule has 5 nitrogen and oxygen atoms in total. The van der Waals surface area contributed by atoms with Crippen molar-refractivity contribution in [2.24, 2.45) is 5.92 Å².